The number of carbonyl (C=O) groups excluding carboxylic acids is 1. The topological polar surface area (TPSA) is 74.8 Å². The van der Waals surface area contributed by atoms with Gasteiger partial charge in [-0.05, 0) is 36.8 Å². The number of carbonyl (C=O) groups is 1. The van der Waals surface area contributed by atoms with E-state index in [2.05, 4.69) is 20.9 Å². The van der Waals surface area contributed by atoms with Crippen molar-refractivity contribution in [1.29, 1.82) is 0 Å². The van der Waals surface area contributed by atoms with Gasteiger partial charge in [-0.2, -0.15) is 0 Å². The van der Waals surface area contributed by atoms with Crippen molar-refractivity contribution in [3.63, 3.8) is 0 Å². The summed E-state index contributed by atoms with van der Waals surface area (Å²) in [5, 5.41) is 8.62. The van der Waals surface area contributed by atoms with Gasteiger partial charge in [0.2, 0.25) is 5.91 Å². The molecule has 0 atom stereocenters. The van der Waals surface area contributed by atoms with E-state index in [9.17, 15) is 9.18 Å². The number of hydrogen-bond donors (Lipinski definition) is 3. The summed E-state index contributed by atoms with van der Waals surface area (Å²) < 4.78 is 18.7. The van der Waals surface area contributed by atoms with E-state index in [-0.39, 0.29) is 12.5 Å². The third-order valence-electron chi connectivity index (χ3n) is 3.37. The molecule has 0 aliphatic carbocycles. The molecule has 0 unspecified atom stereocenters. The van der Waals surface area contributed by atoms with Crippen LogP contribution in [-0.2, 0) is 4.79 Å². The molecule has 0 spiro atoms. The number of ether oxygens (including phenoxy) is 1. The van der Waals surface area contributed by atoms with Crippen LogP contribution in [0.25, 0.3) is 0 Å². The van der Waals surface area contributed by atoms with Crippen molar-refractivity contribution in [1.82, 2.24) is 10.6 Å². The fourth-order valence-corrected chi connectivity index (χ4v) is 2.14. The van der Waals surface area contributed by atoms with Gasteiger partial charge in [0.25, 0.3) is 0 Å². The van der Waals surface area contributed by atoms with Crippen molar-refractivity contribution in [2.45, 2.75) is 6.42 Å². The molecule has 0 heterocycles. The van der Waals surface area contributed by atoms with Crippen molar-refractivity contribution < 1.29 is 13.9 Å². The van der Waals surface area contributed by atoms with Crippen LogP contribution in [0.3, 0.4) is 0 Å². The summed E-state index contributed by atoms with van der Waals surface area (Å²) in [5.74, 6) is 0.667. The number of rotatable bonds is 8. The largest absolute Gasteiger partial charge is 0.494 e. The molecule has 138 valence electrons. The molecular weight excluding hydrogens is 335 g/mol. The Morgan fingerprint density at radius 1 is 1.12 bits per heavy atom. The lowest BCUT2D eigenvalue weighted by Crippen LogP contribution is -2.41. The van der Waals surface area contributed by atoms with Gasteiger partial charge in [0, 0.05) is 19.3 Å². The number of hydrogen-bond acceptors (Lipinski definition) is 3. The van der Waals surface area contributed by atoms with Crippen molar-refractivity contribution >= 4 is 17.6 Å². The third kappa shape index (κ3) is 7.21. The molecule has 2 aromatic rings. The highest BCUT2D eigenvalue weighted by atomic mass is 19.1. The quantitative estimate of drug-likeness (QED) is 0.385. The van der Waals surface area contributed by atoms with Crippen LogP contribution in [0.2, 0.25) is 0 Å². The van der Waals surface area contributed by atoms with E-state index in [1.807, 2.05) is 30.3 Å². The summed E-state index contributed by atoms with van der Waals surface area (Å²) in [7, 11) is 1.63. The summed E-state index contributed by atoms with van der Waals surface area (Å²) in [6.07, 6.45) is 0.783. The van der Waals surface area contributed by atoms with Crippen LogP contribution in [-0.4, -0.2) is 38.6 Å². The normalized spacial score (nSPS) is 10.9. The summed E-state index contributed by atoms with van der Waals surface area (Å²) in [5.41, 5.74) is 0.415. The second-order valence-electron chi connectivity index (χ2n) is 5.43. The Morgan fingerprint density at radius 3 is 2.65 bits per heavy atom. The summed E-state index contributed by atoms with van der Waals surface area (Å²) >= 11 is 0. The lowest BCUT2D eigenvalue weighted by Gasteiger charge is -2.12. The Morgan fingerprint density at radius 2 is 1.92 bits per heavy atom. The minimum Gasteiger partial charge on any atom is -0.494 e. The Bertz CT molecular complexity index is 722. The standard InChI is InChI=1S/C19H23FN4O2/c1-21-19(22-11-6-12-26-17-9-3-2-4-10-17)23-14-18(25)24-16-8-5-7-15(20)13-16/h2-5,7-10,13H,6,11-12,14H2,1H3,(H,24,25)(H2,21,22,23). The maximum atomic E-state index is 13.1. The fourth-order valence-electron chi connectivity index (χ4n) is 2.14. The van der Waals surface area contributed by atoms with Gasteiger partial charge in [-0.25, -0.2) is 4.39 Å². The molecule has 1 amide bonds. The van der Waals surface area contributed by atoms with Crippen molar-refractivity contribution in [3.8, 4) is 5.75 Å². The molecule has 26 heavy (non-hydrogen) atoms. The van der Waals surface area contributed by atoms with E-state index in [4.69, 9.17) is 4.74 Å². The van der Waals surface area contributed by atoms with Gasteiger partial charge in [-0.1, -0.05) is 24.3 Å². The lowest BCUT2D eigenvalue weighted by atomic mass is 10.3. The number of guanidine groups is 1. The number of nitrogens with zero attached hydrogens (tertiary/aromatic N) is 1. The van der Waals surface area contributed by atoms with Crippen molar-refractivity contribution in [2.75, 3.05) is 32.1 Å². The number of nitrogens with one attached hydrogen (secondary N) is 3. The number of aliphatic imine (C=N–C) groups is 1. The van der Waals surface area contributed by atoms with Gasteiger partial charge in [-0.15, -0.1) is 0 Å². The average molecular weight is 358 g/mol. The highest BCUT2D eigenvalue weighted by Gasteiger charge is 2.05. The molecule has 2 aromatic carbocycles. The summed E-state index contributed by atoms with van der Waals surface area (Å²) in [6.45, 7) is 1.25. The minimum absolute atomic E-state index is 0.0245. The van der Waals surface area contributed by atoms with Crippen molar-refractivity contribution in [2.24, 2.45) is 4.99 Å². The molecule has 0 saturated heterocycles. The Labute approximate surface area is 152 Å². The molecule has 2 rings (SSSR count). The van der Waals surface area contributed by atoms with Crippen LogP contribution >= 0.6 is 0 Å². The van der Waals surface area contributed by atoms with Gasteiger partial charge < -0.3 is 20.7 Å². The second kappa shape index (κ2) is 10.7. The van der Waals surface area contributed by atoms with E-state index in [1.54, 1.807) is 13.1 Å². The number of para-hydroxylation sites is 1. The first kappa shape index (κ1) is 19.2. The fraction of sp³-hybridized carbons (Fsp3) is 0.263. The average Bonchev–Trinajstić information content (AvgIpc) is 2.65. The SMILES string of the molecule is CN=C(NCCCOc1ccccc1)NCC(=O)Nc1cccc(F)c1. The first-order valence-corrected chi connectivity index (χ1v) is 8.35. The second-order valence-corrected chi connectivity index (χ2v) is 5.43. The Hall–Kier alpha value is -3.09. The molecule has 0 aliphatic heterocycles. The number of benzene rings is 2. The van der Waals surface area contributed by atoms with E-state index < -0.39 is 5.82 Å². The molecule has 0 aliphatic rings. The van der Waals surface area contributed by atoms with Gasteiger partial charge in [0.05, 0.1) is 13.2 Å². The molecule has 0 radical (unpaired) electrons. The Kier molecular flexibility index (Phi) is 7.92. The lowest BCUT2D eigenvalue weighted by molar-refractivity contribution is -0.115. The van der Waals surface area contributed by atoms with Gasteiger partial charge >= 0.3 is 0 Å². The maximum Gasteiger partial charge on any atom is 0.243 e. The van der Waals surface area contributed by atoms with Gasteiger partial charge in [0.1, 0.15) is 11.6 Å². The van der Waals surface area contributed by atoms with Crippen LogP contribution in [0.5, 0.6) is 5.75 Å². The maximum absolute atomic E-state index is 13.1. The zero-order chi connectivity index (χ0) is 18.6. The minimum atomic E-state index is -0.397. The highest BCUT2D eigenvalue weighted by Crippen LogP contribution is 2.09. The van der Waals surface area contributed by atoms with Crippen LogP contribution in [0.15, 0.2) is 59.6 Å². The number of amides is 1. The monoisotopic (exact) mass is 358 g/mol. The molecule has 7 heteroatoms. The molecule has 0 fully saturated rings. The third-order valence-corrected chi connectivity index (χ3v) is 3.37. The first-order valence-electron chi connectivity index (χ1n) is 8.35. The summed E-state index contributed by atoms with van der Waals surface area (Å²) in [6, 6.07) is 15.4. The number of anilines is 1. The van der Waals surface area contributed by atoms with Crippen LogP contribution in [0.1, 0.15) is 6.42 Å². The first-order chi connectivity index (χ1) is 12.7. The molecule has 0 saturated carbocycles. The molecule has 0 bridgehead atoms. The van der Waals surface area contributed by atoms with E-state index >= 15 is 0 Å². The zero-order valence-corrected chi connectivity index (χ0v) is 14.7. The predicted octanol–water partition coefficient (Wildman–Crippen LogP) is 2.40. The van der Waals surface area contributed by atoms with Crippen molar-refractivity contribution in [3.05, 3.63) is 60.4 Å². The van der Waals surface area contributed by atoms with E-state index in [0.717, 1.165) is 12.2 Å². The van der Waals surface area contributed by atoms with Crippen LogP contribution < -0.4 is 20.7 Å². The van der Waals surface area contributed by atoms with E-state index in [1.165, 1.54) is 18.2 Å². The summed E-state index contributed by atoms with van der Waals surface area (Å²) in [4.78, 5) is 15.9. The molecular formula is C19H23FN4O2. The highest BCUT2D eigenvalue weighted by molar-refractivity contribution is 5.94. The van der Waals surface area contributed by atoms with Gasteiger partial charge in [0.15, 0.2) is 5.96 Å². The van der Waals surface area contributed by atoms with E-state index in [0.29, 0.717) is 24.8 Å². The van der Waals surface area contributed by atoms with Crippen LogP contribution in [0.4, 0.5) is 10.1 Å². The van der Waals surface area contributed by atoms with Gasteiger partial charge in [-0.3, -0.25) is 9.79 Å². The Balaban J connectivity index is 1.62. The van der Waals surface area contributed by atoms with Crippen LogP contribution in [0, 0.1) is 5.82 Å². The zero-order valence-electron chi connectivity index (χ0n) is 14.7. The smallest absolute Gasteiger partial charge is 0.243 e. The molecule has 3 N–H and O–H groups in total. The molecule has 6 nitrogen and oxygen atoms in total. The predicted molar refractivity (Wildman–Crippen MR) is 101 cm³/mol. The number of halogens is 1. The molecule has 0 aromatic heterocycles.